The average Bonchev–Trinajstić information content (AvgIpc) is 2.55. The van der Waals surface area contributed by atoms with Crippen LogP contribution in [0.1, 0.15) is 31.4 Å². The predicted molar refractivity (Wildman–Crippen MR) is 95.3 cm³/mol. The van der Waals surface area contributed by atoms with Gasteiger partial charge in [0.15, 0.2) is 6.10 Å². The lowest BCUT2D eigenvalue weighted by molar-refractivity contribution is -0.122. The van der Waals surface area contributed by atoms with Gasteiger partial charge in [0.05, 0.1) is 0 Å². The van der Waals surface area contributed by atoms with Gasteiger partial charge in [0.2, 0.25) is 0 Å². The van der Waals surface area contributed by atoms with Gasteiger partial charge in [0.1, 0.15) is 5.75 Å². The Hall–Kier alpha value is -2.00. The molecular formula is C19H22ClNO2. The van der Waals surface area contributed by atoms with Crippen LogP contribution in [-0.4, -0.2) is 12.0 Å². The van der Waals surface area contributed by atoms with Crippen LogP contribution < -0.4 is 10.1 Å². The highest BCUT2D eigenvalue weighted by atomic mass is 35.5. The fourth-order valence-corrected chi connectivity index (χ4v) is 2.50. The number of benzene rings is 2. The number of anilines is 1. The van der Waals surface area contributed by atoms with Gasteiger partial charge in [-0.3, -0.25) is 4.79 Å². The molecule has 0 aromatic heterocycles. The largest absolute Gasteiger partial charge is 0.481 e. The molecule has 0 bridgehead atoms. The first-order chi connectivity index (χ1) is 11.0. The van der Waals surface area contributed by atoms with Gasteiger partial charge in [-0.25, -0.2) is 0 Å². The number of carbonyl (C=O) groups excluding carboxylic acids is 1. The molecule has 0 aliphatic rings. The molecule has 1 atom stereocenters. The van der Waals surface area contributed by atoms with Crippen LogP contribution in [0.4, 0.5) is 5.69 Å². The van der Waals surface area contributed by atoms with Crippen LogP contribution in [0, 0.1) is 6.92 Å². The first-order valence-electron chi connectivity index (χ1n) is 7.86. The smallest absolute Gasteiger partial charge is 0.265 e. The summed E-state index contributed by atoms with van der Waals surface area (Å²) in [4.78, 5) is 12.4. The van der Waals surface area contributed by atoms with Crippen molar-refractivity contribution >= 4 is 23.2 Å². The summed E-state index contributed by atoms with van der Waals surface area (Å²) in [5, 5.41) is 3.56. The quantitative estimate of drug-likeness (QED) is 0.808. The third-order valence-electron chi connectivity index (χ3n) is 3.72. The maximum Gasteiger partial charge on any atom is 0.265 e. The van der Waals surface area contributed by atoms with Crippen molar-refractivity contribution in [2.24, 2.45) is 0 Å². The van der Waals surface area contributed by atoms with E-state index in [1.807, 2.05) is 44.2 Å². The molecule has 0 aliphatic carbocycles. The standard InChI is InChI=1S/C19H22ClNO2/c1-4-14-6-9-16(10-7-14)23-18(5-2)19(22)21-17-11-8-15(20)12-13(17)3/h6-12,18H,4-5H2,1-3H3,(H,21,22). The Kier molecular flexibility index (Phi) is 6.05. The molecule has 0 heterocycles. The van der Waals surface area contributed by atoms with Gasteiger partial charge >= 0.3 is 0 Å². The number of amides is 1. The summed E-state index contributed by atoms with van der Waals surface area (Å²) < 4.78 is 5.82. The van der Waals surface area contributed by atoms with Crippen molar-refractivity contribution in [2.45, 2.75) is 39.7 Å². The topological polar surface area (TPSA) is 38.3 Å². The number of ether oxygens (including phenoxy) is 1. The first kappa shape index (κ1) is 17.4. The lowest BCUT2D eigenvalue weighted by atomic mass is 10.1. The fraction of sp³-hybridized carbons (Fsp3) is 0.316. The molecular weight excluding hydrogens is 310 g/mol. The van der Waals surface area contributed by atoms with E-state index < -0.39 is 6.10 Å². The number of aryl methyl sites for hydroxylation is 2. The van der Waals surface area contributed by atoms with E-state index in [1.165, 1.54) is 5.56 Å². The molecule has 0 spiro atoms. The van der Waals surface area contributed by atoms with E-state index in [4.69, 9.17) is 16.3 Å². The second kappa shape index (κ2) is 8.02. The lowest BCUT2D eigenvalue weighted by Crippen LogP contribution is -2.32. The normalized spacial score (nSPS) is 11.8. The number of rotatable bonds is 6. The van der Waals surface area contributed by atoms with Crippen molar-refractivity contribution < 1.29 is 9.53 Å². The highest BCUT2D eigenvalue weighted by Crippen LogP contribution is 2.21. The van der Waals surface area contributed by atoms with E-state index in [0.29, 0.717) is 17.2 Å². The van der Waals surface area contributed by atoms with Crippen LogP contribution in [0.15, 0.2) is 42.5 Å². The Balaban J connectivity index is 2.05. The molecule has 1 N–H and O–H groups in total. The lowest BCUT2D eigenvalue weighted by Gasteiger charge is -2.18. The molecule has 0 saturated heterocycles. The van der Waals surface area contributed by atoms with Gasteiger partial charge in [-0.05, 0) is 61.2 Å². The van der Waals surface area contributed by atoms with Crippen molar-refractivity contribution in [3.05, 3.63) is 58.6 Å². The minimum atomic E-state index is -0.530. The van der Waals surface area contributed by atoms with Crippen LogP contribution in [0.3, 0.4) is 0 Å². The predicted octanol–water partition coefficient (Wildman–Crippen LogP) is 5.01. The molecule has 2 aromatic carbocycles. The Morgan fingerprint density at radius 3 is 2.43 bits per heavy atom. The third kappa shape index (κ3) is 4.73. The molecule has 23 heavy (non-hydrogen) atoms. The van der Waals surface area contributed by atoms with Crippen LogP contribution in [-0.2, 0) is 11.2 Å². The summed E-state index contributed by atoms with van der Waals surface area (Å²) in [7, 11) is 0. The Morgan fingerprint density at radius 2 is 1.87 bits per heavy atom. The van der Waals surface area contributed by atoms with Gasteiger partial charge in [-0.1, -0.05) is 37.6 Å². The monoisotopic (exact) mass is 331 g/mol. The molecule has 0 saturated carbocycles. The van der Waals surface area contributed by atoms with Gasteiger partial charge < -0.3 is 10.1 Å². The number of hydrogen-bond acceptors (Lipinski definition) is 2. The van der Waals surface area contributed by atoms with Gasteiger partial charge in [-0.15, -0.1) is 0 Å². The maximum absolute atomic E-state index is 12.4. The molecule has 2 rings (SSSR count). The molecule has 0 aliphatic heterocycles. The summed E-state index contributed by atoms with van der Waals surface area (Å²) >= 11 is 5.94. The summed E-state index contributed by atoms with van der Waals surface area (Å²) in [6, 6.07) is 13.2. The van der Waals surface area contributed by atoms with Crippen molar-refractivity contribution in [1.82, 2.24) is 0 Å². The molecule has 1 amide bonds. The number of hydrogen-bond donors (Lipinski definition) is 1. The van der Waals surface area contributed by atoms with E-state index >= 15 is 0 Å². The zero-order chi connectivity index (χ0) is 16.8. The maximum atomic E-state index is 12.4. The van der Waals surface area contributed by atoms with Crippen LogP contribution in [0.2, 0.25) is 5.02 Å². The van der Waals surface area contributed by atoms with Crippen molar-refractivity contribution in [1.29, 1.82) is 0 Å². The molecule has 0 fully saturated rings. The molecule has 4 heteroatoms. The van der Waals surface area contributed by atoms with Crippen molar-refractivity contribution in [3.8, 4) is 5.75 Å². The van der Waals surface area contributed by atoms with Crippen LogP contribution >= 0.6 is 11.6 Å². The molecule has 1 unspecified atom stereocenters. The Bertz CT molecular complexity index is 668. The second-order valence-corrected chi connectivity index (χ2v) is 5.90. The van der Waals surface area contributed by atoms with Crippen molar-refractivity contribution in [2.75, 3.05) is 5.32 Å². The first-order valence-corrected chi connectivity index (χ1v) is 8.23. The van der Waals surface area contributed by atoms with Crippen LogP contribution in [0.25, 0.3) is 0 Å². The van der Waals surface area contributed by atoms with Gasteiger partial charge in [-0.2, -0.15) is 0 Å². The van der Waals surface area contributed by atoms with E-state index in [0.717, 1.165) is 17.7 Å². The Morgan fingerprint density at radius 1 is 1.17 bits per heavy atom. The van der Waals surface area contributed by atoms with E-state index in [2.05, 4.69) is 12.2 Å². The average molecular weight is 332 g/mol. The fourth-order valence-electron chi connectivity index (χ4n) is 2.27. The van der Waals surface area contributed by atoms with E-state index in [1.54, 1.807) is 12.1 Å². The Labute approximate surface area is 142 Å². The second-order valence-electron chi connectivity index (χ2n) is 5.46. The summed E-state index contributed by atoms with van der Waals surface area (Å²) in [6.45, 7) is 5.94. The highest BCUT2D eigenvalue weighted by Gasteiger charge is 2.19. The van der Waals surface area contributed by atoms with Crippen LogP contribution in [0.5, 0.6) is 5.75 Å². The van der Waals surface area contributed by atoms with Gasteiger partial charge in [0.25, 0.3) is 5.91 Å². The summed E-state index contributed by atoms with van der Waals surface area (Å²) in [5.74, 6) is 0.550. The zero-order valence-corrected chi connectivity index (χ0v) is 14.5. The minimum absolute atomic E-state index is 0.155. The highest BCUT2D eigenvalue weighted by molar-refractivity contribution is 6.30. The number of halogens is 1. The SMILES string of the molecule is CCc1ccc(OC(CC)C(=O)Nc2ccc(Cl)cc2C)cc1. The number of nitrogens with one attached hydrogen (secondary N) is 1. The number of carbonyl (C=O) groups is 1. The molecule has 0 radical (unpaired) electrons. The molecule has 122 valence electrons. The van der Waals surface area contributed by atoms with E-state index in [-0.39, 0.29) is 5.91 Å². The minimum Gasteiger partial charge on any atom is -0.481 e. The summed E-state index contributed by atoms with van der Waals surface area (Å²) in [5.41, 5.74) is 2.92. The zero-order valence-electron chi connectivity index (χ0n) is 13.7. The summed E-state index contributed by atoms with van der Waals surface area (Å²) in [6.07, 6.45) is 1.04. The van der Waals surface area contributed by atoms with E-state index in [9.17, 15) is 4.79 Å². The van der Waals surface area contributed by atoms with Gasteiger partial charge in [0, 0.05) is 10.7 Å². The molecule has 2 aromatic rings. The van der Waals surface area contributed by atoms with Crippen molar-refractivity contribution in [3.63, 3.8) is 0 Å². The third-order valence-corrected chi connectivity index (χ3v) is 3.95. The molecule has 3 nitrogen and oxygen atoms in total.